The van der Waals surface area contributed by atoms with Crippen LogP contribution in [0.4, 0.5) is 5.82 Å². The lowest BCUT2D eigenvalue weighted by atomic mass is 9.89. The Balaban J connectivity index is 1.47. The molecule has 1 unspecified atom stereocenters. The van der Waals surface area contributed by atoms with Gasteiger partial charge in [0, 0.05) is 49.9 Å². The van der Waals surface area contributed by atoms with E-state index in [0.29, 0.717) is 23.3 Å². The molecule has 1 atom stereocenters. The van der Waals surface area contributed by atoms with Crippen molar-refractivity contribution in [3.8, 4) is 0 Å². The number of anilines is 1. The molecule has 2 aromatic heterocycles. The van der Waals surface area contributed by atoms with E-state index in [2.05, 4.69) is 15.1 Å². The van der Waals surface area contributed by atoms with Gasteiger partial charge in [-0.25, -0.2) is 9.97 Å². The first kappa shape index (κ1) is 21.9. The van der Waals surface area contributed by atoms with Crippen LogP contribution in [0.25, 0.3) is 0 Å². The van der Waals surface area contributed by atoms with Gasteiger partial charge in [0.05, 0.1) is 0 Å². The van der Waals surface area contributed by atoms with Gasteiger partial charge in [-0.05, 0) is 51.5 Å². The normalized spacial score (nSPS) is 15.9. The van der Waals surface area contributed by atoms with E-state index >= 15 is 0 Å². The molecule has 3 heterocycles. The van der Waals surface area contributed by atoms with Gasteiger partial charge in [-0.15, -0.1) is 0 Å². The first-order valence-electron chi connectivity index (χ1n) is 10.7. The zero-order valence-electron chi connectivity index (χ0n) is 18.4. The molecule has 0 aliphatic carbocycles. The number of nitrogen functional groups attached to an aromatic ring is 1. The standard InChI is InChI=1S/C22H32N6O2/c1-14(13-20(29)19-7-10-24-27(19)4)22(30)28-11-8-17(9-12-28)5-6-18-15(2)25-16(3)26-21(18)23/h7,10,14,17H,5-6,8-9,11-13H2,1-4H3,(H2,23,25,26). The molecule has 1 saturated heterocycles. The number of nitrogens with zero attached hydrogens (tertiary/aromatic N) is 5. The third kappa shape index (κ3) is 5.04. The lowest BCUT2D eigenvalue weighted by Crippen LogP contribution is -2.41. The van der Waals surface area contributed by atoms with Gasteiger partial charge in [0.15, 0.2) is 5.78 Å². The molecule has 1 amide bonds. The molecule has 0 aromatic carbocycles. The van der Waals surface area contributed by atoms with Crippen LogP contribution in [-0.4, -0.2) is 49.4 Å². The molecular formula is C22H32N6O2. The Morgan fingerprint density at radius 2 is 1.93 bits per heavy atom. The number of nitrogens with two attached hydrogens (primary N) is 1. The SMILES string of the molecule is Cc1nc(C)c(CCC2CCN(C(=O)C(C)CC(=O)c3ccnn3C)CC2)c(N)n1. The summed E-state index contributed by atoms with van der Waals surface area (Å²) in [6, 6.07) is 1.69. The van der Waals surface area contributed by atoms with Crippen LogP contribution < -0.4 is 5.73 Å². The van der Waals surface area contributed by atoms with E-state index in [9.17, 15) is 9.59 Å². The summed E-state index contributed by atoms with van der Waals surface area (Å²) in [5.74, 6) is 1.54. The predicted octanol–water partition coefficient (Wildman–Crippen LogP) is 2.49. The van der Waals surface area contributed by atoms with Crippen LogP contribution in [0.15, 0.2) is 12.3 Å². The number of aromatic nitrogens is 4. The number of hydrogen-bond donors (Lipinski definition) is 1. The van der Waals surface area contributed by atoms with E-state index in [1.807, 2.05) is 25.7 Å². The van der Waals surface area contributed by atoms with E-state index < -0.39 is 0 Å². The Kier molecular flexibility index (Phi) is 6.84. The van der Waals surface area contributed by atoms with Crippen molar-refractivity contribution in [1.29, 1.82) is 0 Å². The Bertz CT molecular complexity index is 891. The fourth-order valence-electron chi connectivity index (χ4n) is 4.29. The second-order valence-electron chi connectivity index (χ2n) is 8.40. The molecule has 0 saturated carbocycles. The maximum atomic E-state index is 12.8. The van der Waals surface area contributed by atoms with Gasteiger partial charge in [-0.1, -0.05) is 6.92 Å². The van der Waals surface area contributed by atoms with Gasteiger partial charge in [-0.3, -0.25) is 14.3 Å². The monoisotopic (exact) mass is 412 g/mol. The van der Waals surface area contributed by atoms with Gasteiger partial charge in [0.1, 0.15) is 17.3 Å². The highest BCUT2D eigenvalue weighted by Crippen LogP contribution is 2.26. The molecule has 2 N–H and O–H groups in total. The van der Waals surface area contributed by atoms with Crippen LogP contribution in [0.5, 0.6) is 0 Å². The van der Waals surface area contributed by atoms with Crippen molar-refractivity contribution in [3.05, 3.63) is 35.0 Å². The third-order valence-corrected chi connectivity index (χ3v) is 6.11. The zero-order chi connectivity index (χ0) is 21.8. The first-order chi connectivity index (χ1) is 14.3. The van der Waals surface area contributed by atoms with Crippen molar-refractivity contribution in [2.45, 2.75) is 52.9 Å². The van der Waals surface area contributed by atoms with Crippen molar-refractivity contribution >= 4 is 17.5 Å². The Labute approximate surface area is 177 Å². The Hall–Kier alpha value is -2.77. The van der Waals surface area contributed by atoms with Crippen LogP contribution in [-0.2, 0) is 18.3 Å². The molecule has 2 aromatic rings. The van der Waals surface area contributed by atoms with Crippen molar-refractivity contribution < 1.29 is 9.59 Å². The molecule has 3 rings (SSSR count). The minimum absolute atomic E-state index is 0.0426. The minimum atomic E-state index is -0.323. The summed E-state index contributed by atoms with van der Waals surface area (Å²) in [5.41, 5.74) is 8.63. The number of likely N-dealkylation sites (tertiary alicyclic amines) is 1. The molecule has 0 bridgehead atoms. The number of aryl methyl sites for hydroxylation is 3. The first-order valence-corrected chi connectivity index (χ1v) is 10.7. The Morgan fingerprint density at radius 1 is 1.23 bits per heavy atom. The van der Waals surface area contributed by atoms with Gasteiger partial charge in [0.25, 0.3) is 0 Å². The molecule has 1 aliphatic heterocycles. The average Bonchev–Trinajstić information content (AvgIpc) is 3.13. The molecule has 1 aliphatic rings. The summed E-state index contributed by atoms with van der Waals surface area (Å²) in [5, 5.41) is 4.03. The zero-order valence-corrected chi connectivity index (χ0v) is 18.4. The van der Waals surface area contributed by atoms with Gasteiger partial charge < -0.3 is 10.6 Å². The van der Waals surface area contributed by atoms with Crippen LogP contribution in [0.3, 0.4) is 0 Å². The summed E-state index contributed by atoms with van der Waals surface area (Å²) in [4.78, 5) is 35.8. The number of Topliss-reactive ketones (excluding diaryl/α,β-unsaturated/α-hetero) is 1. The predicted molar refractivity (Wildman–Crippen MR) is 115 cm³/mol. The maximum Gasteiger partial charge on any atom is 0.225 e. The maximum absolute atomic E-state index is 12.8. The highest BCUT2D eigenvalue weighted by atomic mass is 16.2. The van der Waals surface area contributed by atoms with Gasteiger partial charge in [-0.2, -0.15) is 5.10 Å². The number of ketones is 1. The summed E-state index contributed by atoms with van der Waals surface area (Å²) in [6.07, 6.45) is 5.65. The molecular weight excluding hydrogens is 380 g/mol. The molecule has 0 spiro atoms. The lowest BCUT2D eigenvalue weighted by Gasteiger charge is -2.33. The van der Waals surface area contributed by atoms with Crippen LogP contribution >= 0.6 is 0 Å². The number of carbonyl (C=O) groups is 2. The fraction of sp³-hybridized carbons (Fsp3) is 0.591. The number of carbonyl (C=O) groups excluding carboxylic acids is 2. The minimum Gasteiger partial charge on any atom is -0.383 e. The topological polar surface area (TPSA) is 107 Å². The van der Waals surface area contributed by atoms with Crippen molar-refractivity contribution in [1.82, 2.24) is 24.6 Å². The second kappa shape index (κ2) is 9.36. The molecule has 30 heavy (non-hydrogen) atoms. The van der Waals surface area contributed by atoms with E-state index in [4.69, 9.17) is 5.73 Å². The van der Waals surface area contributed by atoms with Gasteiger partial charge >= 0.3 is 0 Å². The van der Waals surface area contributed by atoms with Crippen LogP contribution in [0, 0.1) is 25.7 Å². The summed E-state index contributed by atoms with van der Waals surface area (Å²) in [7, 11) is 1.74. The number of hydrogen-bond acceptors (Lipinski definition) is 6. The van der Waals surface area contributed by atoms with Gasteiger partial charge in [0.2, 0.25) is 5.91 Å². The number of rotatable bonds is 7. The summed E-state index contributed by atoms with van der Waals surface area (Å²) in [6.45, 7) is 7.16. The molecule has 1 fully saturated rings. The van der Waals surface area contributed by atoms with Crippen LogP contribution in [0.1, 0.15) is 60.2 Å². The average molecular weight is 413 g/mol. The third-order valence-electron chi connectivity index (χ3n) is 6.11. The molecule has 8 nitrogen and oxygen atoms in total. The quantitative estimate of drug-likeness (QED) is 0.700. The number of piperidine rings is 1. The van der Waals surface area contributed by atoms with E-state index in [1.165, 1.54) is 0 Å². The van der Waals surface area contributed by atoms with Crippen molar-refractivity contribution in [2.24, 2.45) is 18.9 Å². The van der Waals surface area contributed by atoms with Crippen molar-refractivity contribution in [2.75, 3.05) is 18.8 Å². The second-order valence-corrected chi connectivity index (χ2v) is 8.40. The van der Waals surface area contributed by atoms with E-state index in [1.54, 1.807) is 24.0 Å². The van der Waals surface area contributed by atoms with Crippen molar-refractivity contribution in [3.63, 3.8) is 0 Å². The molecule has 8 heteroatoms. The fourth-order valence-corrected chi connectivity index (χ4v) is 4.29. The largest absolute Gasteiger partial charge is 0.383 e. The molecule has 0 radical (unpaired) electrons. The highest BCUT2D eigenvalue weighted by molar-refractivity contribution is 5.97. The van der Waals surface area contributed by atoms with E-state index in [-0.39, 0.29) is 24.0 Å². The molecule has 162 valence electrons. The van der Waals surface area contributed by atoms with Crippen LogP contribution in [0.2, 0.25) is 0 Å². The number of amides is 1. The smallest absolute Gasteiger partial charge is 0.225 e. The summed E-state index contributed by atoms with van der Waals surface area (Å²) >= 11 is 0. The summed E-state index contributed by atoms with van der Waals surface area (Å²) < 4.78 is 1.55. The highest BCUT2D eigenvalue weighted by Gasteiger charge is 2.28. The van der Waals surface area contributed by atoms with E-state index in [0.717, 1.165) is 50.0 Å². The Morgan fingerprint density at radius 3 is 2.53 bits per heavy atom. The lowest BCUT2D eigenvalue weighted by molar-refractivity contribution is -0.136.